The van der Waals surface area contributed by atoms with Crippen molar-refractivity contribution in [1.29, 1.82) is 0 Å². The Morgan fingerprint density at radius 3 is 2.44 bits per heavy atom. The van der Waals surface area contributed by atoms with Crippen molar-refractivity contribution in [3.8, 4) is 0 Å². The molecule has 128 valence electrons. The number of rotatable bonds is 4. The van der Waals surface area contributed by atoms with Crippen molar-refractivity contribution in [2.75, 3.05) is 11.4 Å². The summed E-state index contributed by atoms with van der Waals surface area (Å²) >= 11 is 0. The third-order valence-electron chi connectivity index (χ3n) is 3.83. The number of pyridine rings is 1. The Kier molecular flexibility index (Phi) is 4.39. The normalized spacial score (nSPS) is 11.3. The van der Waals surface area contributed by atoms with Gasteiger partial charge >= 0.3 is 0 Å². The van der Waals surface area contributed by atoms with E-state index in [0.29, 0.717) is 11.2 Å². The van der Waals surface area contributed by atoms with E-state index in [1.54, 1.807) is 30.5 Å². The number of hydrogen-bond donors (Lipinski definition) is 2. The van der Waals surface area contributed by atoms with Crippen molar-refractivity contribution < 1.29 is 18.4 Å². The number of hydroxylamine groups is 1. The summed E-state index contributed by atoms with van der Waals surface area (Å²) in [5.74, 6) is -0.671. The summed E-state index contributed by atoms with van der Waals surface area (Å²) in [7, 11) is -2.41. The Bertz CT molecular complexity index is 1030. The largest absolute Gasteiger partial charge is 0.288 e. The van der Waals surface area contributed by atoms with Crippen LogP contribution in [-0.4, -0.2) is 31.6 Å². The van der Waals surface area contributed by atoms with Crippen molar-refractivity contribution in [3.05, 3.63) is 66.4 Å². The highest BCUT2D eigenvalue weighted by molar-refractivity contribution is 7.93. The van der Waals surface area contributed by atoms with Gasteiger partial charge in [-0.1, -0.05) is 18.2 Å². The molecule has 8 heteroatoms. The van der Waals surface area contributed by atoms with Crippen LogP contribution in [0.3, 0.4) is 0 Å². The number of aromatic nitrogens is 1. The third kappa shape index (κ3) is 3.04. The second-order valence-corrected chi connectivity index (χ2v) is 7.23. The van der Waals surface area contributed by atoms with Crippen molar-refractivity contribution in [3.63, 3.8) is 0 Å². The smallest absolute Gasteiger partial charge is 0.274 e. The van der Waals surface area contributed by atoms with Gasteiger partial charge in [-0.05, 0) is 36.4 Å². The Morgan fingerprint density at radius 2 is 1.76 bits per heavy atom. The van der Waals surface area contributed by atoms with Crippen LogP contribution in [0.1, 0.15) is 10.4 Å². The van der Waals surface area contributed by atoms with Gasteiger partial charge in [0.25, 0.3) is 15.9 Å². The van der Waals surface area contributed by atoms with Crippen LogP contribution in [-0.2, 0) is 10.0 Å². The first-order chi connectivity index (χ1) is 11.9. The van der Waals surface area contributed by atoms with Gasteiger partial charge in [-0.15, -0.1) is 0 Å². The van der Waals surface area contributed by atoms with E-state index in [1.165, 1.54) is 42.9 Å². The summed E-state index contributed by atoms with van der Waals surface area (Å²) in [5, 5.41) is 9.36. The summed E-state index contributed by atoms with van der Waals surface area (Å²) in [6.07, 6.45) is 1.55. The van der Waals surface area contributed by atoms with Gasteiger partial charge in [0.2, 0.25) is 0 Å². The Labute approximate surface area is 144 Å². The number of anilines is 1. The molecule has 1 aromatic heterocycles. The molecular formula is C17H15N3O4S. The maximum atomic E-state index is 13.0. The van der Waals surface area contributed by atoms with E-state index < -0.39 is 15.9 Å². The molecule has 1 heterocycles. The van der Waals surface area contributed by atoms with Crippen molar-refractivity contribution in [1.82, 2.24) is 10.5 Å². The molecule has 3 rings (SSSR count). The third-order valence-corrected chi connectivity index (χ3v) is 5.65. The lowest BCUT2D eigenvalue weighted by atomic mass is 10.2. The molecule has 2 N–H and O–H groups in total. The van der Waals surface area contributed by atoms with E-state index in [9.17, 15) is 13.2 Å². The molecule has 0 radical (unpaired) electrons. The fourth-order valence-corrected chi connectivity index (χ4v) is 3.82. The number of hydrogen-bond acceptors (Lipinski definition) is 5. The number of nitrogens with zero attached hydrogens (tertiary/aromatic N) is 2. The van der Waals surface area contributed by atoms with E-state index in [0.717, 1.165) is 9.69 Å². The molecule has 0 aliphatic carbocycles. The number of para-hydroxylation sites is 1. The van der Waals surface area contributed by atoms with Crippen molar-refractivity contribution in [2.45, 2.75) is 4.90 Å². The number of nitrogens with one attached hydrogen (secondary N) is 1. The number of carbonyl (C=O) groups is 1. The van der Waals surface area contributed by atoms with Gasteiger partial charge in [0.1, 0.15) is 4.90 Å². The molecule has 3 aromatic rings. The lowest BCUT2D eigenvalue weighted by molar-refractivity contribution is 0.0706. The predicted octanol–water partition coefficient (Wildman–Crippen LogP) is 2.18. The van der Waals surface area contributed by atoms with Gasteiger partial charge in [0.05, 0.1) is 11.2 Å². The second-order valence-electron chi connectivity index (χ2n) is 5.29. The number of fused-ring (bicyclic) bond motifs is 1. The lowest BCUT2D eigenvalue weighted by Gasteiger charge is -2.20. The highest BCUT2D eigenvalue weighted by Gasteiger charge is 2.24. The molecule has 0 aliphatic heterocycles. The molecule has 0 aliphatic rings. The van der Waals surface area contributed by atoms with Gasteiger partial charge in [0, 0.05) is 24.2 Å². The minimum absolute atomic E-state index is 0.102. The summed E-state index contributed by atoms with van der Waals surface area (Å²) < 4.78 is 27.1. The molecule has 7 nitrogen and oxygen atoms in total. The molecular weight excluding hydrogens is 342 g/mol. The molecule has 1 amide bonds. The summed E-state index contributed by atoms with van der Waals surface area (Å²) in [4.78, 5) is 15.6. The fourth-order valence-electron chi connectivity index (χ4n) is 2.46. The molecule has 0 atom stereocenters. The summed E-state index contributed by atoms with van der Waals surface area (Å²) in [6.45, 7) is 0. The zero-order valence-corrected chi connectivity index (χ0v) is 14.1. The predicted molar refractivity (Wildman–Crippen MR) is 93.0 cm³/mol. The van der Waals surface area contributed by atoms with Crippen LogP contribution >= 0.6 is 0 Å². The van der Waals surface area contributed by atoms with E-state index in [-0.39, 0.29) is 10.5 Å². The van der Waals surface area contributed by atoms with Crippen molar-refractivity contribution >= 4 is 32.5 Å². The van der Waals surface area contributed by atoms with Crippen molar-refractivity contribution in [2.24, 2.45) is 0 Å². The fraction of sp³-hybridized carbons (Fsp3) is 0.0588. The first-order valence-corrected chi connectivity index (χ1v) is 8.76. The molecule has 0 fully saturated rings. The van der Waals surface area contributed by atoms with Crippen LogP contribution < -0.4 is 9.79 Å². The van der Waals surface area contributed by atoms with E-state index in [2.05, 4.69) is 4.98 Å². The van der Waals surface area contributed by atoms with Crippen LogP contribution in [0, 0.1) is 0 Å². The van der Waals surface area contributed by atoms with E-state index >= 15 is 0 Å². The monoisotopic (exact) mass is 357 g/mol. The van der Waals surface area contributed by atoms with E-state index in [4.69, 9.17) is 5.21 Å². The maximum absolute atomic E-state index is 13.0. The van der Waals surface area contributed by atoms with Crippen LogP contribution in [0.2, 0.25) is 0 Å². The molecule has 2 aromatic carbocycles. The van der Waals surface area contributed by atoms with E-state index in [1.807, 2.05) is 0 Å². The highest BCUT2D eigenvalue weighted by Crippen LogP contribution is 2.27. The number of benzene rings is 2. The molecule has 0 saturated carbocycles. The zero-order chi connectivity index (χ0) is 18.0. The molecule has 0 unspecified atom stereocenters. The van der Waals surface area contributed by atoms with Gasteiger partial charge in [0.15, 0.2) is 0 Å². The Morgan fingerprint density at radius 1 is 1.08 bits per heavy atom. The number of carbonyl (C=O) groups excluding carboxylic acids is 1. The molecule has 0 bridgehead atoms. The quantitative estimate of drug-likeness (QED) is 0.551. The first kappa shape index (κ1) is 16.9. The number of sulfonamides is 1. The average Bonchev–Trinajstić information content (AvgIpc) is 2.66. The number of amides is 1. The van der Waals surface area contributed by atoms with Gasteiger partial charge < -0.3 is 0 Å². The average molecular weight is 357 g/mol. The Balaban J connectivity index is 2.03. The van der Waals surface area contributed by atoms with Gasteiger partial charge in [-0.2, -0.15) is 0 Å². The SMILES string of the molecule is CN(c1ccc(C(=O)NO)cc1)S(=O)(=O)c1cccc2cccnc12. The molecule has 0 saturated heterocycles. The lowest BCUT2D eigenvalue weighted by Crippen LogP contribution is -2.27. The van der Waals surface area contributed by atoms with Gasteiger partial charge in [-0.3, -0.25) is 19.3 Å². The summed E-state index contributed by atoms with van der Waals surface area (Å²) in [5.41, 5.74) is 2.51. The van der Waals surface area contributed by atoms with Crippen LogP contribution in [0.15, 0.2) is 65.7 Å². The highest BCUT2D eigenvalue weighted by atomic mass is 32.2. The Hall–Kier alpha value is -2.97. The maximum Gasteiger partial charge on any atom is 0.274 e. The van der Waals surface area contributed by atoms with Crippen LogP contribution in [0.4, 0.5) is 5.69 Å². The standard InChI is InChI=1S/C17H15N3O4S/c1-20(14-9-7-13(8-10-14)17(21)19-22)25(23,24)15-6-2-4-12-5-3-11-18-16(12)15/h2-11,22H,1H3,(H,19,21). The topological polar surface area (TPSA) is 99.6 Å². The minimum atomic E-state index is -3.84. The summed E-state index contributed by atoms with van der Waals surface area (Å²) in [6, 6.07) is 14.3. The van der Waals surface area contributed by atoms with Crippen LogP contribution in [0.25, 0.3) is 10.9 Å². The van der Waals surface area contributed by atoms with Crippen LogP contribution in [0.5, 0.6) is 0 Å². The zero-order valence-electron chi connectivity index (χ0n) is 13.2. The first-order valence-electron chi connectivity index (χ1n) is 7.32. The second kappa shape index (κ2) is 6.50. The minimum Gasteiger partial charge on any atom is -0.288 e. The molecule has 0 spiro atoms. The van der Waals surface area contributed by atoms with Gasteiger partial charge in [-0.25, -0.2) is 13.9 Å². The molecule has 25 heavy (non-hydrogen) atoms.